The van der Waals surface area contributed by atoms with Gasteiger partial charge in [0.15, 0.2) is 4.96 Å². The van der Waals surface area contributed by atoms with Crippen molar-refractivity contribution in [3.05, 3.63) is 33.7 Å². The summed E-state index contributed by atoms with van der Waals surface area (Å²) in [6.45, 7) is 1.89. The summed E-state index contributed by atoms with van der Waals surface area (Å²) >= 11 is 2.92. The van der Waals surface area contributed by atoms with Gasteiger partial charge in [-0.3, -0.25) is 14.0 Å². The molecule has 0 aromatic carbocycles. The summed E-state index contributed by atoms with van der Waals surface area (Å²) in [5.41, 5.74) is 0.657. The van der Waals surface area contributed by atoms with Gasteiger partial charge in [0.1, 0.15) is 0 Å². The van der Waals surface area contributed by atoms with Crippen LogP contribution in [-0.4, -0.2) is 40.2 Å². The average molecular weight is 338 g/mol. The average Bonchev–Trinajstić information content (AvgIpc) is 2.97. The number of carbonyl (C=O) groups is 1. The highest BCUT2D eigenvalue weighted by molar-refractivity contribution is 7.99. The minimum atomic E-state index is -0.0698. The van der Waals surface area contributed by atoms with Crippen LogP contribution in [0.3, 0.4) is 0 Å². The molecular formula is C14H18N4O2S2. The summed E-state index contributed by atoms with van der Waals surface area (Å²) in [6.07, 6.45) is 3.86. The second-order valence-corrected chi connectivity index (χ2v) is 7.10. The molecule has 0 radical (unpaired) electrons. The lowest BCUT2D eigenvalue weighted by atomic mass is 10.1. The maximum atomic E-state index is 11.9. The molecule has 3 rings (SSSR count). The van der Waals surface area contributed by atoms with E-state index >= 15 is 0 Å². The number of nitrogens with one attached hydrogen (secondary N) is 2. The van der Waals surface area contributed by atoms with E-state index in [0.29, 0.717) is 16.5 Å². The second kappa shape index (κ2) is 7.26. The first-order valence-corrected chi connectivity index (χ1v) is 9.29. The van der Waals surface area contributed by atoms with Crippen molar-refractivity contribution in [3.8, 4) is 0 Å². The van der Waals surface area contributed by atoms with Crippen LogP contribution in [0.5, 0.6) is 0 Å². The molecule has 1 amide bonds. The molecule has 0 aliphatic carbocycles. The quantitative estimate of drug-likeness (QED) is 0.846. The van der Waals surface area contributed by atoms with Gasteiger partial charge in [-0.25, -0.2) is 4.98 Å². The fourth-order valence-corrected chi connectivity index (χ4v) is 3.92. The van der Waals surface area contributed by atoms with E-state index in [2.05, 4.69) is 15.6 Å². The lowest BCUT2D eigenvalue weighted by molar-refractivity contribution is -0.119. The van der Waals surface area contributed by atoms with E-state index in [1.807, 2.05) is 5.38 Å². The van der Waals surface area contributed by atoms with E-state index in [1.54, 1.807) is 6.20 Å². The number of amides is 1. The van der Waals surface area contributed by atoms with Gasteiger partial charge in [0.05, 0.1) is 11.4 Å². The first-order chi connectivity index (χ1) is 10.7. The van der Waals surface area contributed by atoms with Gasteiger partial charge in [0, 0.05) is 36.0 Å². The molecule has 2 aromatic heterocycles. The predicted molar refractivity (Wildman–Crippen MR) is 89.5 cm³/mol. The third kappa shape index (κ3) is 3.88. The molecule has 22 heavy (non-hydrogen) atoms. The third-order valence-corrected chi connectivity index (χ3v) is 5.22. The Labute approximate surface area is 136 Å². The van der Waals surface area contributed by atoms with Gasteiger partial charge < -0.3 is 10.6 Å². The van der Waals surface area contributed by atoms with Crippen molar-refractivity contribution in [1.82, 2.24) is 20.0 Å². The fourth-order valence-electron chi connectivity index (χ4n) is 2.45. The van der Waals surface area contributed by atoms with E-state index in [0.717, 1.165) is 31.6 Å². The Hall–Kier alpha value is -1.38. The summed E-state index contributed by atoms with van der Waals surface area (Å²) in [5.74, 6) is 1.01. The van der Waals surface area contributed by atoms with Gasteiger partial charge in [-0.2, -0.15) is 0 Å². The van der Waals surface area contributed by atoms with Crippen LogP contribution in [0.2, 0.25) is 0 Å². The number of thiazole rings is 1. The Kier molecular flexibility index (Phi) is 5.12. The lowest BCUT2D eigenvalue weighted by Crippen LogP contribution is -2.46. The molecule has 2 N–H and O–H groups in total. The molecule has 0 saturated carbocycles. The summed E-state index contributed by atoms with van der Waals surface area (Å²) in [5, 5.41) is 8.15. The maximum Gasteiger partial charge on any atom is 0.258 e. The topological polar surface area (TPSA) is 75.5 Å². The Balaban J connectivity index is 1.49. The number of carbonyl (C=O) groups excluding carboxylic acids is 1. The first-order valence-electron chi connectivity index (χ1n) is 7.26. The number of piperidine rings is 1. The molecule has 118 valence electrons. The third-order valence-electron chi connectivity index (χ3n) is 3.50. The van der Waals surface area contributed by atoms with E-state index in [-0.39, 0.29) is 17.5 Å². The summed E-state index contributed by atoms with van der Waals surface area (Å²) < 4.78 is 1.53. The number of aromatic nitrogens is 2. The highest BCUT2D eigenvalue weighted by Crippen LogP contribution is 2.12. The van der Waals surface area contributed by atoms with Crippen molar-refractivity contribution < 1.29 is 4.79 Å². The van der Waals surface area contributed by atoms with E-state index in [9.17, 15) is 9.59 Å². The van der Waals surface area contributed by atoms with E-state index < -0.39 is 0 Å². The van der Waals surface area contributed by atoms with Gasteiger partial charge in [0.25, 0.3) is 5.56 Å². The predicted octanol–water partition coefficient (Wildman–Crippen LogP) is 0.857. The van der Waals surface area contributed by atoms with Crippen LogP contribution in [0, 0.1) is 0 Å². The van der Waals surface area contributed by atoms with Gasteiger partial charge in [-0.05, 0) is 19.4 Å². The number of rotatable bonds is 5. The SMILES string of the molecule is O=C(CSCc1cc(=O)n2ccsc2n1)NC1CCCNC1. The maximum absolute atomic E-state index is 11.9. The molecule has 0 spiro atoms. The molecule has 1 fully saturated rings. The second-order valence-electron chi connectivity index (χ2n) is 5.24. The molecule has 1 aliphatic heterocycles. The molecule has 1 saturated heterocycles. The highest BCUT2D eigenvalue weighted by atomic mass is 32.2. The molecule has 1 unspecified atom stereocenters. The van der Waals surface area contributed by atoms with Gasteiger partial charge in [-0.15, -0.1) is 23.1 Å². The smallest absolute Gasteiger partial charge is 0.258 e. The van der Waals surface area contributed by atoms with Crippen LogP contribution in [0.1, 0.15) is 18.5 Å². The standard InChI is InChI=1S/C14H18N4O2S2/c19-12(16-10-2-1-3-15-7-10)9-21-8-11-6-13(20)18-4-5-22-14(18)17-11/h4-6,10,15H,1-3,7-9H2,(H,16,19). The van der Waals surface area contributed by atoms with Gasteiger partial charge >= 0.3 is 0 Å². The normalized spacial score (nSPS) is 18.5. The van der Waals surface area contributed by atoms with Gasteiger partial charge in [-0.1, -0.05) is 0 Å². The fraction of sp³-hybridized carbons (Fsp3) is 0.500. The van der Waals surface area contributed by atoms with Crippen LogP contribution >= 0.6 is 23.1 Å². The van der Waals surface area contributed by atoms with Gasteiger partial charge in [0.2, 0.25) is 5.91 Å². The highest BCUT2D eigenvalue weighted by Gasteiger charge is 2.15. The van der Waals surface area contributed by atoms with Crippen LogP contribution in [-0.2, 0) is 10.5 Å². The first kappa shape index (κ1) is 15.5. The minimum Gasteiger partial charge on any atom is -0.351 e. The molecule has 1 aliphatic rings. The minimum absolute atomic E-state index is 0.0487. The zero-order chi connectivity index (χ0) is 15.4. The molecule has 0 bridgehead atoms. The molecule has 2 aromatic rings. The van der Waals surface area contributed by atoms with Crippen LogP contribution < -0.4 is 16.2 Å². The Morgan fingerprint density at radius 3 is 3.32 bits per heavy atom. The zero-order valence-corrected chi connectivity index (χ0v) is 13.7. The Morgan fingerprint density at radius 1 is 1.59 bits per heavy atom. The Morgan fingerprint density at radius 2 is 2.50 bits per heavy atom. The molecule has 1 atom stereocenters. The summed E-state index contributed by atoms with van der Waals surface area (Å²) in [6, 6.07) is 1.78. The number of hydrogen-bond donors (Lipinski definition) is 2. The van der Waals surface area contributed by atoms with Crippen molar-refractivity contribution in [2.75, 3.05) is 18.8 Å². The van der Waals surface area contributed by atoms with E-state index in [1.165, 1.54) is 33.6 Å². The number of hydrogen-bond acceptors (Lipinski definition) is 6. The Bertz CT molecular complexity index is 706. The van der Waals surface area contributed by atoms with Crippen molar-refractivity contribution in [2.24, 2.45) is 0 Å². The number of thioether (sulfide) groups is 1. The van der Waals surface area contributed by atoms with E-state index in [4.69, 9.17) is 0 Å². The van der Waals surface area contributed by atoms with Crippen LogP contribution in [0.15, 0.2) is 22.4 Å². The zero-order valence-electron chi connectivity index (χ0n) is 12.1. The monoisotopic (exact) mass is 338 g/mol. The molecule has 6 nitrogen and oxygen atoms in total. The molecular weight excluding hydrogens is 320 g/mol. The number of fused-ring (bicyclic) bond motifs is 1. The summed E-state index contributed by atoms with van der Waals surface area (Å²) in [4.78, 5) is 28.9. The largest absolute Gasteiger partial charge is 0.351 e. The molecule has 8 heteroatoms. The van der Waals surface area contributed by atoms with Crippen molar-refractivity contribution >= 4 is 34.0 Å². The van der Waals surface area contributed by atoms with Crippen molar-refractivity contribution in [1.29, 1.82) is 0 Å². The van der Waals surface area contributed by atoms with Crippen LogP contribution in [0.4, 0.5) is 0 Å². The summed E-state index contributed by atoms with van der Waals surface area (Å²) in [7, 11) is 0. The van der Waals surface area contributed by atoms with Crippen LogP contribution in [0.25, 0.3) is 4.96 Å². The van der Waals surface area contributed by atoms with Crippen molar-refractivity contribution in [3.63, 3.8) is 0 Å². The number of nitrogens with zero attached hydrogens (tertiary/aromatic N) is 2. The lowest BCUT2D eigenvalue weighted by Gasteiger charge is -2.23. The van der Waals surface area contributed by atoms with Crippen molar-refractivity contribution in [2.45, 2.75) is 24.6 Å². The molecule has 3 heterocycles.